The Morgan fingerprint density at radius 3 is 2.62 bits per heavy atom. The van der Waals surface area contributed by atoms with E-state index in [1.54, 1.807) is 0 Å². The molecule has 2 aromatic carbocycles. The lowest BCUT2D eigenvalue weighted by atomic mass is 10.1. The maximum absolute atomic E-state index is 13.0. The molecule has 7 heteroatoms. The molecule has 5 nitrogen and oxygen atoms in total. The lowest BCUT2D eigenvalue weighted by molar-refractivity contribution is -0.132. The number of benzene rings is 2. The number of nitrogens with zero attached hydrogens (tertiary/aromatic N) is 3. The summed E-state index contributed by atoms with van der Waals surface area (Å²) in [5.74, 6) is 1.21. The van der Waals surface area contributed by atoms with Crippen molar-refractivity contribution in [2.24, 2.45) is 0 Å². The number of rotatable bonds is 5. The number of aromatic nitrogens is 2. The number of likely N-dealkylation sites (tertiary alicyclic amines) is 1. The molecule has 1 aliphatic rings. The molecule has 0 saturated carbocycles. The predicted octanol–water partition coefficient (Wildman–Crippen LogP) is 4.78. The van der Waals surface area contributed by atoms with E-state index in [1.165, 1.54) is 0 Å². The van der Waals surface area contributed by atoms with Gasteiger partial charge in [-0.3, -0.25) is 4.79 Å². The van der Waals surface area contributed by atoms with Gasteiger partial charge in [-0.25, -0.2) is 4.98 Å². The number of hydrogen-bond acceptors (Lipinski definition) is 3. The van der Waals surface area contributed by atoms with Crippen molar-refractivity contribution in [2.75, 3.05) is 12.3 Å². The van der Waals surface area contributed by atoms with Gasteiger partial charge in [-0.1, -0.05) is 30.3 Å². The minimum absolute atomic E-state index is 0. The summed E-state index contributed by atoms with van der Waals surface area (Å²) in [6.07, 6.45) is 3.16. The molecule has 2 heterocycles. The van der Waals surface area contributed by atoms with Crippen LogP contribution in [0.2, 0.25) is 0 Å². The lowest BCUT2D eigenvalue weighted by Gasteiger charge is -2.25. The number of hydrogen-bond donors (Lipinski definition) is 1. The third-order valence-electron chi connectivity index (χ3n) is 5.53. The van der Waals surface area contributed by atoms with Crippen molar-refractivity contribution in [1.29, 1.82) is 0 Å². The van der Waals surface area contributed by atoms with Crippen LogP contribution in [-0.2, 0) is 17.8 Å². The van der Waals surface area contributed by atoms with Crippen molar-refractivity contribution in [1.82, 2.24) is 14.5 Å². The third kappa shape index (κ3) is 4.51. The van der Waals surface area contributed by atoms with E-state index in [1.807, 2.05) is 47.4 Å². The standard InChI is InChI=1S/C22H26N4O.2ClH/c1-2-25-19-11-6-5-10-18(19)24-22(25)20-12-7-15-26(20)21(27)14-13-16-8-3-4-9-17(16)23;;/h3-6,8-11,20H,2,7,12-15,23H2,1H3;2*1H. The van der Waals surface area contributed by atoms with Crippen molar-refractivity contribution in [3.63, 3.8) is 0 Å². The molecule has 0 radical (unpaired) electrons. The molecule has 2 N–H and O–H groups in total. The molecule has 4 rings (SSSR count). The Morgan fingerprint density at radius 1 is 1.14 bits per heavy atom. The second kappa shape index (κ2) is 9.99. The van der Waals surface area contributed by atoms with E-state index in [0.29, 0.717) is 12.8 Å². The van der Waals surface area contributed by atoms with Gasteiger partial charge < -0.3 is 15.2 Å². The van der Waals surface area contributed by atoms with Crippen LogP contribution in [0.15, 0.2) is 48.5 Å². The predicted molar refractivity (Wildman–Crippen MR) is 123 cm³/mol. The quantitative estimate of drug-likeness (QED) is 0.587. The largest absolute Gasteiger partial charge is 0.399 e. The number of nitrogens with two attached hydrogens (primary N) is 1. The minimum atomic E-state index is 0. The fraction of sp³-hybridized carbons (Fsp3) is 0.364. The van der Waals surface area contributed by atoms with Crippen LogP contribution in [0, 0.1) is 0 Å². The number of nitrogen functional groups attached to an aromatic ring is 1. The van der Waals surface area contributed by atoms with Gasteiger partial charge in [-0.2, -0.15) is 0 Å². The van der Waals surface area contributed by atoms with Crippen molar-refractivity contribution in [3.05, 3.63) is 59.9 Å². The van der Waals surface area contributed by atoms with Gasteiger partial charge in [-0.05, 0) is 49.9 Å². The van der Waals surface area contributed by atoms with Crippen LogP contribution in [0.5, 0.6) is 0 Å². The summed E-state index contributed by atoms with van der Waals surface area (Å²) in [5.41, 5.74) is 9.98. The molecule has 3 aromatic rings. The Kier molecular flexibility index (Phi) is 7.94. The Labute approximate surface area is 184 Å². The molecule has 1 fully saturated rings. The van der Waals surface area contributed by atoms with Gasteiger partial charge in [0.15, 0.2) is 0 Å². The molecular formula is C22H28Cl2N4O. The van der Waals surface area contributed by atoms with Gasteiger partial charge in [0.25, 0.3) is 0 Å². The molecular weight excluding hydrogens is 407 g/mol. The molecule has 0 spiro atoms. The Balaban J connectivity index is 0.00000150. The second-order valence-corrected chi connectivity index (χ2v) is 7.15. The number of amides is 1. The van der Waals surface area contributed by atoms with Crippen molar-refractivity contribution in [3.8, 4) is 0 Å². The molecule has 1 atom stereocenters. The van der Waals surface area contributed by atoms with Crippen LogP contribution in [0.3, 0.4) is 0 Å². The van der Waals surface area contributed by atoms with E-state index in [4.69, 9.17) is 10.7 Å². The summed E-state index contributed by atoms with van der Waals surface area (Å²) in [5, 5.41) is 0. The SMILES string of the molecule is CCn1c(C2CCCN2C(=O)CCc2ccccc2N)nc2ccccc21.Cl.Cl. The first kappa shape index (κ1) is 23.0. The number of carbonyl (C=O) groups excluding carboxylic acids is 1. The second-order valence-electron chi connectivity index (χ2n) is 7.15. The van der Waals surface area contributed by atoms with Gasteiger partial charge in [-0.15, -0.1) is 24.8 Å². The number of carbonyl (C=O) groups is 1. The fourth-order valence-corrected chi connectivity index (χ4v) is 4.16. The highest BCUT2D eigenvalue weighted by Gasteiger charge is 2.33. The van der Waals surface area contributed by atoms with E-state index >= 15 is 0 Å². The van der Waals surface area contributed by atoms with Crippen LogP contribution in [0.1, 0.15) is 43.6 Å². The summed E-state index contributed by atoms with van der Waals surface area (Å²) >= 11 is 0. The van der Waals surface area contributed by atoms with Crippen LogP contribution in [0.4, 0.5) is 5.69 Å². The number of aryl methyl sites for hydroxylation is 2. The van der Waals surface area contributed by atoms with Crippen LogP contribution in [0.25, 0.3) is 11.0 Å². The molecule has 0 aliphatic carbocycles. The van der Waals surface area contributed by atoms with Gasteiger partial charge in [0.1, 0.15) is 5.82 Å². The number of para-hydroxylation sites is 3. The summed E-state index contributed by atoms with van der Waals surface area (Å²) in [6.45, 7) is 3.80. The maximum Gasteiger partial charge on any atom is 0.223 e. The number of fused-ring (bicyclic) bond motifs is 1. The highest BCUT2D eigenvalue weighted by molar-refractivity contribution is 5.85. The molecule has 0 bridgehead atoms. The maximum atomic E-state index is 13.0. The van der Waals surface area contributed by atoms with Gasteiger partial charge >= 0.3 is 0 Å². The topological polar surface area (TPSA) is 64.2 Å². The van der Waals surface area contributed by atoms with Gasteiger partial charge in [0.05, 0.1) is 17.1 Å². The average Bonchev–Trinajstić information content (AvgIpc) is 3.31. The zero-order valence-corrected chi connectivity index (χ0v) is 18.2. The van der Waals surface area contributed by atoms with Crippen LogP contribution >= 0.6 is 24.8 Å². The van der Waals surface area contributed by atoms with Crippen molar-refractivity contribution < 1.29 is 4.79 Å². The first-order valence-electron chi connectivity index (χ1n) is 9.77. The molecule has 1 aliphatic heterocycles. The highest BCUT2D eigenvalue weighted by Crippen LogP contribution is 2.34. The normalized spacial score (nSPS) is 15.8. The average molecular weight is 435 g/mol. The van der Waals surface area contributed by atoms with E-state index in [9.17, 15) is 4.79 Å². The molecule has 1 aromatic heterocycles. The summed E-state index contributed by atoms with van der Waals surface area (Å²) < 4.78 is 2.25. The number of imidazole rings is 1. The third-order valence-corrected chi connectivity index (χ3v) is 5.53. The Morgan fingerprint density at radius 2 is 1.86 bits per heavy atom. The summed E-state index contributed by atoms with van der Waals surface area (Å²) in [7, 11) is 0. The Hall–Kier alpha value is -2.24. The number of halogens is 2. The van der Waals surface area contributed by atoms with Crippen molar-refractivity contribution in [2.45, 2.75) is 45.2 Å². The first-order chi connectivity index (χ1) is 13.2. The molecule has 1 unspecified atom stereocenters. The molecule has 1 saturated heterocycles. The van der Waals surface area contributed by atoms with Crippen LogP contribution < -0.4 is 5.73 Å². The van der Waals surface area contributed by atoms with Crippen LogP contribution in [-0.4, -0.2) is 26.9 Å². The zero-order valence-electron chi connectivity index (χ0n) is 16.6. The fourth-order valence-electron chi connectivity index (χ4n) is 4.16. The number of anilines is 1. The smallest absolute Gasteiger partial charge is 0.223 e. The van der Waals surface area contributed by atoms with E-state index in [0.717, 1.165) is 54.0 Å². The lowest BCUT2D eigenvalue weighted by Crippen LogP contribution is -2.32. The monoisotopic (exact) mass is 434 g/mol. The van der Waals surface area contributed by atoms with E-state index < -0.39 is 0 Å². The molecule has 1 amide bonds. The van der Waals surface area contributed by atoms with E-state index in [-0.39, 0.29) is 36.8 Å². The highest BCUT2D eigenvalue weighted by atomic mass is 35.5. The Bertz CT molecular complexity index is 972. The zero-order chi connectivity index (χ0) is 18.8. The molecule has 29 heavy (non-hydrogen) atoms. The summed E-state index contributed by atoms with van der Waals surface area (Å²) in [4.78, 5) is 19.9. The van der Waals surface area contributed by atoms with Crippen molar-refractivity contribution >= 4 is 47.4 Å². The summed E-state index contributed by atoms with van der Waals surface area (Å²) in [6, 6.07) is 16.1. The van der Waals surface area contributed by atoms with Gasteiger partial charge in [0.2, 0.25) is 5.91 Å². The van der Waals surface area contributed by atoms with Gasteiger partial charge in [0, 0.05) is 25.2 Å². The first-order valence-corrected chi connectivity index (χ1v) is 9.77. The van der Waals surface area contributed by atoms with E-state index in [2.05, 4.69) is 17.6 Å². The minimum Gasteiger partial charge on any atom is -0.399 e. The molecule has 156 valence electrons.